The molecule has 11 heteroatoms. The largest absolute Gasteiger partial charge is 0.456 e. The minimum Gasteiger partial charge on any atom is -0.456 e. The molecule has 3 unspecified atom stereocenters. The highest BCUT2D eigenvalue weighted by molar-refractivity contribution is 5.53. The van der Waals surface area contributed by atoms with Crippen molar-refractivity contribution in [3.8, 4) is 11.9 Å². The van der Waals surface area contributed by atoms with Gasteiger partial charge >= 0.3 is 12.4 Å². The highest BCUT2D eigenvalue weighted by Gasteiger charge is 2.56. The number of aromatic amines is 1. The molecule has 162 valence electrons. The third kappa shape index (κ3) is 3.19. The minimum atomic E-state index is -5.03. The van der Waals surface area contributed by atoms with Gasteiger partial charge < -0.3 is 4.74 Å². The molecule has 0 aliphatic carbocycles. The number of nitriles is 1. The van der Waals surface area contributed by atoms with Crippen LogP contribution in [0.4, 0.5) is 26.3 Å². The predicted molar refractivity (Wildman–Crippen MR) is 93.1 cm³/mol. The lowest BCUT2D eigenvalue weighted by atomic mass is 9.58. The fraction of sp³-hybridized carbons (Fsp3) is 0.474. The van der Waals surface area contributed by atoms with E-state index in [9.17, 15) is 31.6 Å². The average Bonchev–Trinajstić information content (AvgIpc) is 2.99. The summed E-state index contributed by atoms with van der Waals surface area (Å²) in [4.78, 5) is 0. The van der Waals surface area contributed by atoms with Gasteiger partial charge in [-0.15, -0.1) is 5.10 Å². The summed E-state index contributed by atoms with van der Waals surface area (Å²) in [6.07, 6.45) is -11.4. The number of halogens is 6. The molecule has 2 heterocycles. The summed E-state index contributed by atoms with van der Waals surface area (Å²) < 4.78 is 86.4. The second-order valence-electron chi connectivity index (χ2n) is 7.54. The molecule has 3 rings (SSSR count). The zero-order valence-corrected chi connectivity index (χ0v) is 16.1. The van der Waals surface area contributed by atoms with Gasteiger partial charge in [0.25, 0.3) is 0 Å². The molecule has 0 amide bonds. The molecule has 1 aliphatic heterocycles. The second-order valence-corrected chi connectivity index (χ2v) is 7.54. The Hall–Kier alpha value is -2.74. The number of aryl methyl sites for hydroxylation is 1. The molecule has 3 N–H and O–H groups in total. The topological polar surface area (TPSA) is 87.7 Å². The normalized spacial score (nSPS) is 24.3. The quantitative estimate of drug-likeness (QED) is 0.684. The molecule has 0 spiro atoms. The molecule has 5 nitrogen and oxygen atoms in total. The van der Waals surface area contributed by atoms with Crippen LogP contribution in [0.5, 0.6) is 5.88 Å². The predicted octanol–water partition coefficient (Wildman–Crippen LogP) is 4.51. The summed E-state index contributed by atoms with van der Waals surface area (Å²) in [5.74, 6) is -1.95. The Kier molecular flexibility index (Phi) is 5.05. The lowest BCUT2D eigenvalue weighted by molar-refractivity contribution is -0.143. The Labute approximate surface area is 167 Å². The van der Waals surface area contributed by atoms with Crippen molar-refractivity contribution in [3.63, 3.8) is 0 Å². The molecular formula is C19H18F6N4O. The van der Waals surface area contributed by atoms with Crippen molar-refractivity contribution in [1.82, 2.24) is 10.2 Å². The molecule has 2 aromatic rings. The van der Waals surface area contributed by atoms with Crippen LogP contribution in [0.1, 0.15) is 41.8 Å². The van der Waals surface area contributed by atoms with Crippen LogP contribution in [0.25, 0.3) is 0 Å². The van der Waals surface area contributed by atoms with Crippen LogP contribution in [-0.2, 0) is 17.8 Å². The Balaban J connectivity index is 2.48. The Morgan fingerprint density at radius 1 is 1.13 bits per heavy atom. The lowest BCUT2D eigenvalue weighted by Gasteiger charge is -2.47. The standard InChI is InChI=1S/C19H18F6N4O/c1-8(2)17(13(7-26)15(27)30-16-14(17)9(3)28-29-16)10-4-11(18(20,21)22)6-12(5-10)19(23,24)25/h4-6,8,13,15H,27H2,1-3H3,(H,28,29). The molecule has 3 atom stereocenters. The van der Waals surface area contributed by atoms with E-state index in [1.165, 1.54) is 0 Å². The first-order valence-electron chi connectivity index (χ1n) is 8.91. The van der Waals surface area contributed by atoms with E-state index in [1.54, 1.807) is 20.8 Å². The van der Waals surface area contributed by atoms with Crippen molar-refractivity contribution < 1.29 is 31.1 Å². The van der Waals surface area contributed by atoms with E-state index in [0.717, 1.165) is 0 Å². The smallest absolute Gasteiger partial charge is 0.416 e. The van der Waals surface area contributed by atoms with Gasteiger partial charge in [-0.1, -0.05) is 13.8 Å². The highest BCUT2D eigenvalue weighted by atomic mass is 19.4. The SMILES string of the molecule is Cc1[nH]nc2c1C(c1cc(C(F)(F)F)cc(C(F)(F)F)c1)(C(C)C)C(C#N)C(N)O2. The summed E-state index contributed by atoms with van der Waals surface area (Å²) in [5, 5.41) is 16.4. The van der Waals surface area contributed by atoms with E-state index < -0.39 is 47.0 Å². The first kappa shape index (κ1) is 22.0. The number of fused-ring (bicyclic) bond motifs is 1. The molecule has 1 aromatic heterocycles. The van der Waals surface area contributed by atoms with E-state index in [2.05, 4.69) is 10.2 Å². The molecule has 0 saturated heterocycles. The van der Waals surface area contributed by atoms with Gasteiger partial charge in [-0.2, -0.15) is 31.6 Å². The molecule has 0 bridgehead atoms. The number of nitrogens with zero attached hydrogens (tertiary/aromatic N) is 2. The Bertz CT molecular complexity index is 972. The van der Waals surface area contributed by atoms with Crippen LogP contribution in [-0.4, -0.2) is 16.4 Å². The van der Waals surface area contributed by atoms with Crippen LogP contribution >= 0.6 is 0 Å². The van der Waals surface area contributed by atoms with E-state index in [1.807, 2.05) is 6.07 Å². The first-order chi connectivity index (χ1) is 13.7. The molecule has 0 fully saturated rings. The lowest BCUT2D eigenvalue weighted by Crippen LogP contribution is -2.54. The second kappa shape index (κ2) is 6.91. The van der Waals surface area contributed by atoms with Crippen LogP contribution in [0.15, 0.2) is 18.2 Å². The summed E-state index contributed by atoms with van der Waals surface area (Å²) >= 11 is 0. The molecule has 30 heavy (non-hydrogen) atoms. The average molecular weight is 432 g/mol. The zero-order chi connectivity index (χ0) is 22.6. The molecular weight excluding hydrogens is 414 g/mol. The fourth-order valence-corrected chi connectivity index (χ4v) is 4.26. The van der Waals surface area contributed by atoms with E-state index in [4.69, 9.17) is 10.5 Å². The van der Waals surface area contributed by atoms with Crippen molar-refractivity contribution in [3.05, 3.63) is 46.1 Å². The van der Waals surface area contributed by atoms with Gasteiger partial charge in [-0.25, -0.2) is 0 Å². The molecule has 0 saturated carbocycles. The highest BCUT2D eigenvalue weighted by Crippen LogP contribution is 2.54. The minimum absolute atomic E-state index is 0.0498. The van der Waals surface area contributed by atoms with Crippen molar-refractivity contribution >= 4 is 0 Å². The van der Waals surface area contributed by atoms with Crippen molar-refractivity contribution in [2.45, 2.75) is 44.8 Å². The van der Waals surface area contributed by atoms with Crippen LogP contribution in [0, 0.1) is 30.1 Å². The number of nitrogens with one attached hydrogen (secondary N) is 1. The monoisotopic (exact) mass is 432 g/mol. The van der Waals surface area contributed by atoms with Gasteiger partial charge in [0.15, 0.2) is 6.23 Å². The zero-order valence-electron chi connectivity index (χ0n) is 16.1. The summed E-state index contributed by atoms with van der Waals surface area (Å²) in [5.41, 5.74) is 1.67. The number of hydrogen-bond donors (Lipinski definition) is 2. The van der Waals surface area contributed by atoms with Gasteiger partial charge in [-0.05, 0) is 36.6 Å². The first-order valence-corrected chi connectivity index (χ1v) is 8.91. The number of nitrogens with two attached hydrogens (primary N) is 1. The third-order valence-electron chi connectivity index (χ3n) is 5.51. The van der Waals surface area contributed by atoms with Crippen LogP contribution in [0.2, 0.25) is 0 Å². The number of H-pyrrole nitrogens is 1. The van der Waals surface area contributed by atoms with Gasteiger partial charge in [0.05, 0.1) is 22.6 Å². The van der Waals surface area contributed by atoms with Gasteiger partial charge in [0.2, 0.25) is 5.88 Å². The maximum atomic E-state index is 13.5. The van der Waals surface area contributed by atoms with Crippen molar-refractivity contribution in [1.29, 1.82) is 5.26 Å². The third-order valence-corrected chi connectivity index (χ3v) is 5.51. The maximum absolute atomic E-state index is 13.5. The number of hydrogen-bond acceptors (Lipinski definition) is 4. The maximum Gasteiger partial charge on any atom is 0.416 e. The summed E-state index contributed by atoms with van der Waals surface area (Å²) in [7, 11) is 0. The van der Waals surface area contributed by atoms with Gasteiger partial charge in [-0.3, -0.25) is 10.8 Å². The molecule has 1 aromatic carbocycles. The van der Waals surface area contributed by atoms with E-state index >= 15 is 0 Å². The number of ether oxygens (including phenoxy) is 1. The number of aromatic nitrogens is 2. The van der Waals surface area contributed by atoms with Crippen LogP contribution < -0.4 is 10.5 Å². The Morgan fingerprint density at radius 2 is 1.67 bits per heavy atom. The number of rotatable bonds is 2. The van der Waals surface area contributed by atoms with Crippen molar-refractivity contribution in [2.24, 2.45) is 17.6 Å². The van der Waals surface area contributed by atoms with Gasteiger partial charge in [0, 0.05) is 11.3 Å². The van der Waals surface area contributed by atoms with E-state index in [-0.39, 0.29) is 23.1 Å². The number of benzene rings is 1. The summed E-state index contributed by atoms with van der Waals surface area (Å²) in [6, 6.07) is 3.29. The van der Waals surface area contributed by atoms with Gasteiger partial charge in [0.1, 0.15) is 5.92 Å². The molecule has 1 aliphatic rings. The molecule has 0 radical (unpaired) electrons. The van der Waals surface area contributed by atoms with Crippen molar-refractivity contribution in [2.75, 3.05) is 0 Å². The number of alkyl halides is 6. The summed E-state index contributed by atoms with van der Waals surface area (Å²) in [6.45, 7) is 4.76. The van der Waals surface area contributed by atoms with Crippen LogP contribution in [0.3, 0.4) is 0 Å². The Morgan fingerprint density at radius 3 is 2.10 bits per heavy atom. The van der Waals surface area contributed by atoms with E-state index in [0.29, 0.717) is 17.8 Å². The fourth-order valence-electron chi connectivity index (χ4n) is 4.26.